The molecule has 1 aromatic rings. The second-order valence-corrected chi connectivity index (χ2v) is 4.45. The Hall–Kier alpha value is -1.65. The Morgan fingerprint density at radius 2 is 2.17 bits per heavy atom. The van der Waals surface area contributed by atoms with Gasteiger partial charge in [-0.15, -0.1) is 0 Å². The zero-order chi connectivity index (χ0) is 13.7. The summed E-state index contributed by atoms with van der Waals surface area (Å²) >= 11 is 0. The summed E-state index contributed by atoms with van der Waals surface area (Å²) < 4.78 is 13.1. The highest BCUT2D eigenvalue weighted by molar-refractivity contribution is 5.98. The minimum Gasteiger partial charge on any atom is -0.372 e. The average Bonchev–Trinajstić information content (AvgIpc) is 2.37. The van der Waals surface area contributed by atoms with Crippen LogP contribution in [0.3, 0.4) is 0 Å². The van der Waals surface area contributed by atoms with Gasteiger partial charge < -0.3 is 10.6 Å². The topological polar surface area (TPSA) is 54.0 Å². The standard InChI is InChI=1S/C13H20FN3O/c1-5-8(2)9(3)17-13(18)11-6-10(14)7-16-12(11)15-4/h6-9H,5H2,1-4H3,(H,15,16)(H,17,18). The SMILES string of the molecule is CCC(C)C(C)NC(=O)c1cc(F)cnc1NC. The summed E-state index contributed by atoms with van der Waals surface area (Å²) in [5.74, 6) is -0.0757. The lowest BCUT2D eigenvalue weighted by Gasteiger charge is -2.20. The first-order valence-corrected chi connectivity index (χ1v) is 6.13. The fourth-order valence-electron chi connectivity index (χ4n) is 1.59. The second-order valence-electron chi connectivity index (χ2n) is 4.45. The van der Waals surface area contributed by atoms with Crippen LogP contribution in [0.5, 0.6) is 0 Å². The Kier molecular flexibility index (Phi) is 5.07. The Morgan fingerprint density at radius 1 is 1.50 bits per heavy atom. The molecule has 1 aromatic heterocycles. The van der Waals surface area contributed by atoms with Crippen molar-refractivity contribution in [3.63, 3.8) is 0 Å². The molecule has 5 heteroatoms. The molecule has 0 bridgehead atoms. The number of hydrogen-bond donors (Lipinski definition) is 2. The van der Waals surface area contributed by atoms with Crippen molar-refractivity contribution in [3.05, 3.63) is 23.6 Å². The van der Waals surface area contributed by atoms with E-state index in [4.69, 9.17) is 0 Å². The Morgan fingerprint density at radius 3 is 2.72 bits per heavy atom. The molecule has 0 aromatic carbocycles. The van der Waals surface area contributed by atoms with Crippen LogP contribution in [-0.2, 0) is 0 Å². The predicted octanol–water partition coefficient (Wildman–Crippen LogP) is 2.43. The Labute approximate surface area is 107 Å². The van der Waals surface area contributed by atoms with Crippen LogP contribution in [0.2, 0.25) is 0 Å². The van der Waals surface area contributed by atoms with E-state index in [1.165, 1.54) is 6.07 Å². The minimum atomic E-state index is -0.518. The molecule has 0 aliphatic heterocycles. The normalized spacial score (nSPS) is 13.8. The zero-order valence-corrected chi connectivity index (χ0v) is 11.2. The first-order chi connectivity index (χ1) is 8.49. The van der Waals surface area contributed by atoms with Gasteiger partial charge in [-0.25, -0.2) is 9.37 Å². The third kappa shape index (κ3) is 3.42. The van der Waals surface area contributed by atoms with Crippen LogP contribution in [0.25, 0.3) is 0 Å². The minimum absolute atomic E-state index is 0.0375. The molecule has 0 aliphatic carbocycles. The van der Waals surface area contributed by atoms with Crippen molar-refractivity contribution in [2.75, 3.05) is 12.4 Å². The maximum absolute atomic E-state index is 13.1. The van der Waals surface area contributed by atoms with E-state index in [0.29, 0.717) is 11.7 Å². The number of anilines is 1. The van der Waals surface area contributed by atoms with Crippen LogP contribution >= 0.6 is 0 Å². The van der Waals surface area contributed by atoms with Crippen molar-refractivity contribution in [2.45, 2.75) is 33.2 Å². The van der Waals surface area contributed by atoms with E-state index in [2.05, 4.69) is 29.5 Å². The smallest absolute Gasteiger partial charge is 0.255 e. The molecule has 0 spiro atoms. The van der Waals surface area contributed by atoms with Gasteiger partial charge in [0, 0.05) is 13.1 Å². The van der Waals surface area contributed by atoms with E-state index < -0.39 is 5.82 Å². The molecule has 1 heterocycles. The molecule has 0 radical (unpaired) electrons. The van der Waals surface area contributed by atoms with Crippen LogP contribution in [0.1, 0.15) is 37.6 Å². The first kappa shape index (κ1) is 14.4. The number of nitrogens with one attached hydrogen (secondary N) is 2. The molecule has 2 unspecified atom stereocenters. The van der Waals surface area contributed by atoms with Gasteiger partial charge in [0.25, 0.3) is 5.91 Å². The number of nitrogens with zero attached hydrogens (tertiary/aromatic N) is 1. The van der Waals surface area contributed by atoms with Crippen LogP contribution in [0.4, 0.5) is 10.2 Å². The summed E-state index contributed by atoms with van der Waals surface area (Å²) in [6, 6.07) is 1.23. The molecule has 2 atom stereocenters. The molecule has 0 saturated carbocycles. The van der Waals surface area contributed by atoms with E-state index in [9.17, 15) is 9.18 Å². The van der Waals surface area contributed by atoms with Gasteiger partial charge in [0.05, 0.1) is 11.8 Å². The number of halogens is 1. The van der Waals surface area contributed by atoms with Crippen LogP contribution in [0.15, 0.2) is 12.3 Å². The van der Waals surface area contributed by atoms with Crippen molar-refractivity contribution < 1.29 is 9.18 Å². The van der Waals surface area contributed by atoms with Gasteiger partial charge in [-0.3, -0.25) is 4.79 Å². The molecule has 100 valence electrons. The Bertz CT molecular complexity index is 423. The van der Waals surface area contributed by atoms with Gasteiger partial charge in [0.1, 0.15) is 11.6 Å². The summed E-state index contributed by atoms with van der Waals surface area (Å²) in [6.07, 6.45) is 2.06. The van der Waals surface area contributed by atoms with Crippen molar-refractivity contribution in [1.82, 2.24) is 10.3 Å². The quantitative estimate of drug-likeness (QED) is 0.847. The third-order valence-electron chi connectivity index (χ3n) is 3.19. The van der Waals surface area contributed by atoms with Gasteiger partial charge in [-0.1, -0.05) is 20.3 Å². The third-order valence-corrected chi connectivity index (χ3v) is 3.19. The fraction of sp³-hybridized carbons (Fsp3) is 0.538. The van der Waals surface area contributed by atoms with Crippen LogP contribution in [-0.4, -0.2) is 24.0 Å². The molecule has 2 N–H and O–H groups in total. The lowest BCUT2D eigenvalue weighted by molar-refractivity contribution is 0.0928. The first-order valence-electron chi connectivity index (χ1n) is 6.13. The molecule has 18 heavy (non-hydrogen) atoms. The van der Waals surface area contributed by atoms with Crippen LogP contribution in [0, 0.1) is 11.7 Å². The summed E-state index contributed by atoms with van der Waals surface area (Å²) in [7, 11) is 1.65. The van der Waals surface area contributed by atoms with Crippen molar-refractivity contribution in [2.24, 2.45) is 5.92 Å². The number of pyridine rings is 1. The van der Waals surface area contributed by atoms with Gasteiger partial charge in [-0.2, -0.15) is 0 Å². The molecule has 0 fully saturated rings. The lowest BCUT2D eigenvalue weighted by Crippen LogP contribution is -2.37. The highest BCUT2D eigenvalue weighted by atomic mass is 19.1. The monoisotopic (exact) mass is 253 g/mol. The second kappa shape index (κ2) is 6.33. The Balaban J connectivity index is 2.87. The molecular weight excluding hydrogens is 233 g/mol. The number of aromatic nitrogens is 1. The predicted molar refractivity (Wildman–Crippen MR) is 70.1 cm³/mol. The van der Waals surface area contributed by atoms with Crippen molar-refractivity contribution >= 4 is 11.7 Å². The number of carbonyl (C=O) groups is 1. The summed E-state index contributed by atoms with van der Waals surface area (Å²) in [4.78, 5) is 15.9. The molecule has 4 nitrogen and oxygen atoms in total. The summed E-state index contributed by atoms with van der Waals surface area (Å²) in [6.45, 7) is 6.07. The fourth-order valence-corrected chi connectivity index (χ4v) is 1.59. The molecular formula is C13H20FN3O. The van der Waals surface area contributed by atoms with Gasteiger partial charge >= 0.3 is 0 Å². The largest absolute Gasteiger partial charge is 0.372 e. The number of rotatable bonds is 5. The van der Waals surface area contributed by atoms with Gasteiger partial charge in [0.2, 0.25) is 0 Å². The maximum atomic E-state index is 13.1. The lowest BCUT2D eigenvalue weighted by atomic mass is 10.0. The van der Waals surface area contributed by atoms with Crippen molar-refractivity contribution in [1.29, 1.82) is 0 Å². The van der Waals surface area contributed by atoms with E-state index >= 15 is 0 Å². The van der Waals surface area contributed by atoms with E-state index in [1.54, 1.807) is 7.05 Å². The van der Waals surface area contributed by atoms with Gasteiger partial charge in [-0.05, 0) is 18.9 Å². The number of carbonyl (C=O) groups excluding carboxylic acids is 1. The highest BCUT2D eigenvalue weighted by Crippen LogP contribution is 2.14. The molecule has 1 rings (SSSR count). The molecule has 0 saturated heterocycles. The van der Waals surface area contributed by atoms with Crippen LogP contribution < -0.4 is 10.6 Å². The zero-order valence-electron chi connectivity index (χ0n) is 11.2. The number of amides is 1. The van der Waals surface area contributed by atoms with Gasteiger partial charge in [0.15, 0.2) is 0 Å². The molecule has 0 aliphatic rings. The average molecular weight is 253 g/mol. The number of hydrogen-bond acceptors (Lipinski definition) is 3. The van der Waals surface area contributed by atoms with E-state index in [-0.39, 0.29) is 17.5 Å². The summed E-state index contributed by atoms with van der Waals surface area (Å²) in [5.41, 5.74) is 0.229. The van der Waals surface area contributed by atoms with E-state index in [1.807, 2.05) is 6.92 Å². The highest BCUT2D eigenvalue weighted by Gasteiger charge is 2.18. The molecule has 1 amide bonds. The van der Waals surface area contributed by atoms with E-state index in [0.717, 1.165) is 12.6 Å². The van der Waals surface area contributed by atoms with Crippen molar-refractivity contribution in [3.8, 4) is 0 Å². The summed E-state index contributed by atoms with van der Waals surface area (Å²) in [5, 5.41) is 5.64. The maximum Gasteiger partial charge on any atom is 0.255 e.